The third-order valence-electron chi connectivity index (χ3n) is 1.78. The third-order valence-corrected chi connectivity index (χ3v) is 2.80. The van der Waals surface area contributed by atoms with Crippen LogP contribution in [0.2, 0.25) is 0 Å². The number of urea groups is 1. The molecule has 1 heterocycles. The van der Waals surface area contributed by atoms with Gasteiger partial charge in [-0.05, 0) is 23.9 Å². The van der Waals surface area contributed by atoms with Gasteiger partial charge in [-0.15, -0.1) is 11.3 Å². The van der Waals surface area contributed by atoms with Crippen LogP contribution in [0, 0.1) is 6.92 Å². The van der Waals surface area contributed by atoms with Crippen molar-refractivity contribution >= 4 is 17.4 Å². The smallest absolute Gasteiger partial charge is 0.315 e. The number of hydrogen-bond donors (Lipinski definition) is 3. The van der Waals surface area contributed by atoms with Crippen molar-refractivity contribution in [3.8, 4) is 0 Å². The van der Waals surface area contributed by atoms with Gasteiger partial charge in [0, 0.05) is 11.4 Å². The van der Waals surface area contributed by atoms with E-state index in [1.165, 1.54) is 5.56 Å². The van der Waals surface area contributed by atoms with E-state index in [9.17, 15) is 4.79 Å². The molecule has 0 aliphatic rings. The Kier molecular flexibility index (Phi) is 4.42. The van der Waals surface area contributed by atoms with E-state index in [0.29, 0.717) is 6.54 Å². The molecule has 4 nitrogen and oxygen atoms in total. The SMILES string of the molecule is Cc1ccsc1CNC(=O)NCCO. The minimum Gasteiger partial charge on any atom is -0.395 e. The van der Waals surface area contributed by atoms with Crippen LogP contribution in [0.25, 0.3) is 0 Å². The molecule has 5 heteroatoms. The van der Waals surface area contributed by atoms with Crippen molar-refractivity contribution in [1.29, 1.82) is 0 Å². The van der Waals surface area contributed by atoms with E-state index in [4.69, 9.17) is 5.11 Å². The summed E-state index contributed by atoms with van der Waals surface area (Å²) < 4.78 is 0. The van der Waals surface area contributed by atoms with Crippen LogP contribution in [0.4, 0.5) is 4.79 Å². The summed E-state index contributed by atoms with van der Waals surface area (Å²) in [6.45, 7) is 2.81. The van der Waals surface area contributed by atoms with E-state index in [0.717, 1.165) is 4.88 Å². The lowest BCUT2D eigenvalue weighted by Gasteiger charge is -2.05. The zero-order chi connectivity index (χ0) is 10.4. The van der Waals surface area contributed by atoms with Crippen LogP contribution >= 0.6 is 11.3 Å². The van der Waals surface area contributed by atoms with Gasteiger partial charge >= 0.3 is 6.03 Å². The fourth-order valence-corrected chi connectivity index (χ4v) is 1.82. The largest absolute Gasteiger partial charge is 0.395 e. The van der Waals surface area contributed by atoms with Crippen LogP contribution in [0.3, 0.4) is 0 Å². The van der Waals surface area contributed by atoms with Crippen molar-refractivity contribution in [3.63, 3.8) is 0 Å². The van der Waals surface area contributed by atoms with Gasteiger partial charge in [-0.2, -0.15) is 0 Å². The fourth-order valence-electron chi connectivity index (χ4n) is 0.978. The lowest BCUT2D eigenvalue weighted by molar-refractivity contribution is 0.234. The summed E-state index contributed by atoms with van der Waals surface area (Å²) in [5.74, 6) is 0. The molecular formula is C9H14N2O2S. The number of rotatable bonds is 4. The van der Waals surface area contributed by atoms with Gasteiger partial charge in [0.2, 0.25) is 0 Å². The molecular weight excluding hydrogens is 200 g/mol. The lowest BCUT2D eigenvalue weighted by Crippen LogP contribution is -2.36. The van der Waals surface area contributed by atoms with Crippen LogP contribution in [-0.4, -0.2) is 24.3 Å². The molecule has 0 aliphatic heterocycles. The van der Waals surface area contributed by atoms with Crippen LogP contribution in [0.5, 0.6) is 0 Å². The number of hydrogen-bond acceptors (Lipinski definition) is 3. The summed E-state index contributed by atoms with van der Waals surface area (Å²) in [6, 6.07) is 1.78. The predicted octanol–water partition coefficient (Wildman–Crippen LogP) is 0.848. The topological polar surface area (TPSA) is 61.4 Å². The van der Waals surface area contributed by atoms with E-state index in [1.54, 1.807) is 11.3 Å². The van der Waals surface area contributed by atoms with Crippen molar-refractivity contribution in [1.82, 2.24) is 10.6 Å². The number of aliphatic hydroxyl groups excluding tert-OH is 1. The van der Waals surface area contributed by atoms with Gasteiger partial charge in [-0.1, -0.05) is 0 Å². The monoisotopic (exact) mass is 214 g/mol. The minimum absolute atomic E-state index is 0.0363. The number of carbonyl (C=O) groups excluding carboxylic acids is 1. The van der Waals surface area contributed by atoms with Gasteiger partial charge in [-0.25, -0.2) is 4.79 Å². The predicted molar refractivity (Wildman–Crippen MR) is 56.4 cm³/mol. The van der Waals surface area contributed by atoms with Crippen molar-refractivity contribution in [2.75, 3.05) is 13.2 Å². The molecule has 78 valence electrons. The van der Waals surface area contributed by atoms with E-state index >= 15 is 0 Å². The lowest BCUT2D eigenvalue weighted by atomic mass is 10.3. The zero-order valence-corrected chi connectivity index (χ0v) is 8.86. The normalized spacial score (nSPS) is 9.86. The highest BCUT2D eigenvalue weighted by Crippen LogP contribution is 2.14. The van der Waals surface area contributed by atoms with E-state index in [2.05, 4.69) is 10.6 Å². The van der Waals surface area contributed by atoms with Gasteiger partial charge < -0.3 is 15.7 Å². The van der Waals surface area contributed by atoms with Crippen LogP contribution < -0.4 is 10.6 Å². The number of thiophene rings is 1. The Hall–Kier alpha value is -1.07. The number of aliphatic hydroxyl groups is 1. The standard InChI is InChI=1S/C9H14N2O2S/c1-7-2-5-14-8(7)6-11-9(13)10-3-4-12/h2,5,12H,3-4,6H2,1H3,(H2,10,11,13). The molecule has 0 aromatic carbocycles. The number of amides is 2. The van der Waals surface area contributed by atoms with Crippen LogP contribution in [-0.2, 0) is 6.54 Å². The van der Waals surface area contributed by atoms with Crippen LogP contribution in [0.1, 0.15) is 10.4 Å². The van der Waals surface area contributed by atoms with Gasteiger partial charge in [0.25, 0.3) is 0 Å². The molecule has 2 amide bonds. The molecule has 0 radical (unpaired) electrons. The molecule has 0 spiro atoms. The summed E-state index contributed by atoms with van der Waals surface area (Å²) >= 11 is 1.62. The summed E-state index contributed by atoms with van der Waals surface area (Å²) in [6.07, 6.45) is 0. The van der Waals surface area contributed by atoms with E-state index < -0.39 is 0 Å². The minimum atomic E-state index is -0.244. The third kappa shape index (κ3) is 3.35. The molecule has 0 bridgehead atoms. The fraction of sp³-hybridized carbons (Fsp3) is 0.444. The first kappa shape index (κ1) is 11.0. The van der Waals surface area contributed by atoms with Crippen molar-refractivity contribution in [2.45, 2.75) is 13.5 Å². The quantitative estimate of drug-likeness (QED) is 0.695. The molecule has 1 aromatic rings. The Morgan fingerprint density at radius 2 is 2.36 bits per heavy atom. The Morgan fingerprint density at radius 3 is 2.93 bits per heavy atom. The van der Waals surface area contributed by atoms with Gasteiger partial charge in [0.1, 0.15) is 0 Å². The molecule has 0 saturated heterocycles. The highest BCUT2D eigenvalue weighted by Gasteiger charge is 2.02. The molecule has 3 N–H and O–H groups in total. The molecule has 0 fully saturated rings. The highest BCUT2D eigenvalue weighted by molar-refractivity contribution is 7.10. The van der Waals surface area contributed by atoms with Gasteiger partial charge in [0.05, 0.1) is 13.2 Å². The van der Waals surface area contributed by atoms with Crippen molar-refractivity contribution < 1.29 is 9.90 Å². The molecule has 14 heavy (non-hydrogen) atoms. The summed E-state index contributed by atoms with van der Waals surface area (Å²) in [4.78, 5) is 12.2. The Balaban J connectivity index is 2.27. The summed E-state index contributed by atoms with van der Waals surface area (Å²) in [7, 11) is 0. The Bertz CT molecular complexity index is 299. The second-order valence-electron chi connectivity index (χ2n) is 2.86. The second kappa shape index (κ2) is 5.62. The summed E-state index contributed by atoms with van der Waals surface area (Å²) in [5, 5.41) is 15.7. The Morgan fingerprint density at radius 1 is 1.57 bits per heavy atom. The molecule has 1 rings (SSSR count). The number of carbonyl (C=O) groups is 1. The van der Waals surface area contributed by atoms with Gasteiger partial charge in [0.15, 0.2) is 0 Å². The zero-order valence-electron chi connectivity index (χ0n) is 8.04. The first-order chi connectivity index (χ1) is 6.74. The van der Waals surface area contributed by atoms with Crippen LogP contribution in [0.15, 0.2) is 11.4 Å². The number of nitrogens with one attached hydrogen (secondary N) is 2. The molecule has 0 saturated carbocycles. The van der Waals surface area contributed by atoms with Crippen molar-refractivity contribution in [2.24, 2.45) is 0 Å². The number of aryl methyl sites for hydroxylation is 1. The average Bonchev–Trinajstić information content (AvgIpc) is 2.58. The van der Waals surface area contributed by atoms with Gasteiger partial charge in [-0.3, -0.25) is 0 Å². The maximum atomic E-state index is 11.1. The first-order valence-corrected chi connectivity index (χ1v) is 5.27. The van der Waals surface area contributed by atoms with E-state index in [-0.39, 0.29) is 19.2 Å². The second-order valence-corrected chi connectivity index (χ2v) is 3.86. The highest BCUT2D eigenvalue weighted by atomic mass is 32.1. The molecule has 0 atom stereocenters. The maximum absolute atomic E-state index is 11.1. The molecule has 0 unspecified atom stereocenters. The molecule has 1 aromatic heterocycles. The Labute approximate surface area is 87.0 Å². The summed E-state index contributed by atoms with van der Waals surface area (Å²) in [5.41, 5.74) is 1.19. The first-order valence-electron chi connectivity index (χ1n) is 4.39. The maximum Gasteiger partial charge on any atom is 0.315 e. The van der Waals surface area contributed by atoms with E-state index in [1.807, 2.05) is 18.4 Å². The molecule has 0 aliphatic carbocycles. The van der Waals surface area contributed by atoms with Crippen molar-refractivity contribution in [3.05, 3.63) is 21.9 Å². The average molecular weight is 214 g/mol.